The number of benzene rings is 1. The summed E-state index contributed by atoms with van der Waals surface area (Å²) in [4.78, 5) is 7.14. The third-order valence-corrected chi connectivity index (χ3v) is 3.55. The van der Waals surface area contributed by atoms with Gasteiger partial charge in [0.15, 0.2) is 0 Å². The second-order valence-electron chi connectivity index (χ2n) is 6.55. The predicted octanol–water partition coefficient (Wildman–Crippen LogP) is 3.81. The second-order valence-corrected chi connectivity index (χ2v) is 6.55. The number of pyridine rings is 1. The molecule has 0 spiro atoms. The van der Waals surface area contributed by atoms with Gasteiger partial charge in [-0.2, -0.15) is 0 Å². The normalized spacial score (nSPS) is 11.6. The van der Waals surface area contributed by atoms with Crippen LogP contribution >= 0.6 is 0 Å². The van der Waals surface area contributed by atoms with Crippen LogP contribution in [0.3, 0.4) is 0 Å². The molecule has 2 aromatic rings. The Morgan fingerprint density at radius 2 is 1.57 bits per heavy atom. The van der Waals surface area contributed by atoms with E-state index in [0.29, 0.717) is 18.4 Å². The van der Waals surface area contributed by atoms with Crippen molar-refractivity contribution in [1.82, 2.24) is 4.98 Å². The molecule has 21 heavy (non-hydrogen) atoms. The van der Waals surface area contributed by atoms with Gasteiger partial charge in [0.25, 0.3) is 0 Å². The largest absolute Gasteiger partial charge is 0.356 e. The van der Waals surface area contributed by atoms with Crippen molar-refractivity contribution in [3.63, 3.8) is 0 Å². The molecule has 2 N–H and O–H groups in total. The first-order chi connectivity index (χ1) is 10.0. The van der Waals surface area contributed by atoms with Crippen LogP contribution in [0.25, 0.3) is 10.8 Å². The zero-order chi connectivity index (χ0) is 15.4. The number of nitrogens with two attached hydrogens (primary N) is 1. The molecule has 0 saturated carbocycles. The summed E-state index contributed by atoms with van der Waals surface area (Å²) in [6, 6.07) is 8.45. The molecule has 0 atom stereocenters. The molecular formula is C18H27N3. The maximum atomic E-state index is 5.85. The Bertz CT molecular complexity index is 580. The summed E-state index contributed by atoms with van der Waals surface area (Å²) >= 11 is 0. The van der Waals surface area contributed by atoms with Crippen LogP contribution in [0.1, 0.15) is 33.3 Å². The number of nitrogens with zero attached hydrogens (tertiary/aromatic N) is 2. The minimum Gasteiger partial charge on any atom is -0.356 e. The molecule has 2 rings (SSSR count). The lowest BCUT2D eigenvalue weighted by atomic mass is 10.1. The van der Waals surface area contributed by atoms with E-state index in [2.05, 4.69) is 56.9 Å². The fraction of sp³-hybridized carbons (Fsp3) is 0.500. The first-order valence-electron chi connectivity index (χ1n) is 7.84. The van der Waals surface area contributed by atoms with Gasteiger partial charge in [-0.25, -0.2) is 4.98 Å². The van der Waals surface area contributed by atoms with Crippen LogP contribution in [0, 0.1) is 11.8 Å². The topological polar surface area (TPSA) is 42.2 Å². The van der Waals surface area contributed by atoms with Gasteiger partial charge in [-0.05, 0) is 22.8 Å². The zero-order valence-electron chi connectivity index (χ0n) is 13.6. The predicted molar refractivity (Wildman–Crippen MR) is 91.5 cm³/mol. The van der Waals surface area contributed by atoms with E-state index < -0.39 is 0 Å². The molecule has 114 valence electrons. The van der Waals surface area contributed by atoms with Gasteiger partial charge in [0.05, 0.1) is 0 Å². The third kappa shape index (κ3) is 3.73. The van der Waals surface area contributed by atoms with Crippen LogP contribution in [-0.2, 0) is 6.54 Å². The number of anilines is 1. The van der Waals surface area contributed by atoms with Crippen molar-refractivity contribution < 1.29 is 0 Å². The maximum absolute atomic E-state index is 5.85. The van der Waals surface area contributed by atoms with Crippen LogP contribution in [0.2, 0.25) is 0 Å². The summed E-state index contributed by atoms with van der Waals surface area (Å²) in [7, 11) is 0. The minimum absolute atomic E-state index is 0.530. The van der Waals surface area contributed by atoms with Crippen molar-refractivity contribution in [2.24, 2.45) is 17.6 Å². The fourth-order valence-electron chi connectivity index (χ4n) is 2.78. The SMILES string of the molecule is CC(C)CN(CC(C)C)c1ncc(CN)c2ccccc12. The summed E-state index contributed by atoms with van der Waals surface area (Å²) in [6.07, 6.45) is 1.94. The van der Waals surface area contributed by atoms with Crippen LogP contribution in [0.15, 0.2) is 30.5 Å². The van der Waals surface area contributed by atoms with Crippen molar-refractivity contribution in [3.05, 3.63) is 36.0 Å². The molecule has 1 heterocycles. The van der Waals surface area contributed by atoms with Crippen LogP contribution in [-0.4, -0.2) is 18.1 Å². The first-order valence-corrected chi connectivity index (χ1v) is 7.84. The molecule has 3 heteroatoms. The summed E-state index contributed by atoms with van der Waals surface area (Å²) in [5, 5.41) is 2.43. The highest BCUT2D eigenvalue weighted by Gasteiger charge is 2.15. The lowest BCUT2D eigenvalue weighted by molar-refractivity contribution is 0.550. The van der Waals surface area contributed by atoms with Gasteiger partial charge < -0.3 is 10.6 Å². The van der Waals surface area contributed by atoms with Crippen molar-refractivity contribution in [3.8, 4) is 0 Å². The van der Waals surface area contributed by atoms with Crippen molar-refractivity contribution in [1.29, 1.82) is 0 Å². The molecular weight excluding hydrogens is 258 g/mol. The summed E-state index contributed by atoms with van der Waals surface area (Å²) in [6.45, 7) is 11.6. The molecule has 0 saturated heterocycles. The molecule has 0 fully saturated rings. The standard InChI is InChI=1S/C18H27N3/c1-13(2)11-21(12-14(3)4)18-17-8-6-5-7-16(17)15(9-19)10-20-18/h5-8,10,13-14H,9,11-12,19H2,1-4H3. The monoisotopic (exact) mass is 285 g/mol. The molecule has 0 bridgehead atoms. The Kier molecular flexibility index (Phi) is 5.18. The van der Waals surface area contributed by atoms with Crippen LogP contribution < -0.4 is 10.6 Å². The van der Waals surface area contributed by atoms with Gasteiger partial charge in [0.2, 0.25) is 0 Å². The lowest BCUT2D eigenvalue weighted by Gasteiger charge is -2.28. The average molecular weight is 285 g/mol. The molecule has 0 amide bonds. The van der Waals surface area contributed by atoms with Gasteiger partial charge in [-0.3, -0.25) is 0 Å². The van der Waals surface area contributed by atoms with Crippen LogP contribution in [0.4, 0.5) is 5.82 Å². The van der Waals surface area contributed by atoms with E-state index in [1.807, 2.05) is 6.20 Å². The molecule has 0 aliphatic carbocycles. The Balaban J connectivity index is 2.52. The summed E-state index contributed by atoms with van der Waals surface area (Å²) in [5.41, 5.74) is 6.96. The molecule has 1 aromatic heterocycles. The van der Waals surface area contributed by atoms with E-state index in [0.717, 1.165) is 24.5 Å². The van der Waals surface area contributed by atoms with E-state index in [-0.39, 0.29) is 0 Å². The smallest absolute Gasteiger partial charge is 0.136 e. The van der Waals surface area contributed by atoms with Gasteiger partial charge in [0.1, 0.15) is 5.82 Å². The average Bonchev–Trinajstić information content (AvgIpc) is 2.44. The van der Waals surface area contributed by atoms with E-state index in [1.54, 1.807) is 0 Å². The third-order valence-electron chi connectivity index (χ3n) is 3.55. The number of hydrogen-bond acceptors (Lipinski definition) is 3. The number of hydrogen-bond donors (Lipinski definition) is 1. The van der Waals surface area contributed by atoms with Gasteiger partial charge in [-0.15, -0.1) is 0 Å². The van der Waals surface area contributed by atoms with E-state index in [1.165, 1.54) is 10.8 Å². The highest BCUT2D eigenvalue weighted by Crippen LogP contribution is 2.28. The van der Waals surface area contributed by atoms with E-state index in [4.69, 9.17) is 10.7 Å². The molecule has 0 aliphatic rings. The molecule has 0 radical (unpaired) electrons. The Morgan fingerprint density at radius 1 is 1.00 bits per heavy atom. The van der Waals surface area contributed by atoms with E-state index in [9.17, 15) is 0 Å². The fourth-order valence-corrected chi connectivity index (χ4v) is 2.78. The minimum atomic E-state index is 0.530. The molecule has 3 nitrogen and oxygen atoms in total. The number of rotatable bonds is 6. The van der Waals surface area contributed by atoms with Crippen molar-refractivity contribution in [2.75, 3.05) is 18.0 Å². The molecule has 0 aliphatic heterocycles. The Hall–Kier alpha value is -1.61. The summed E-state index contributed by atoms with van der Waals surface area (Å²) in [5.74, 6) is 2.31. The zero-order valence-corrected chi connectivity index (χ0v) is 13.6. The number of aromatic nitrogens is 1. The molecule has 1 aromatic carbocycles. The quantitative estimate of drug-likeness (QED) is 0.877. The van der Waals surface area contributed by atoms with Gasteiger partial charge in [0, 0.05) is 31.2 Å². The summed E-state index contributed by atoms with van der Waals surface area (Å²) < 4.78 is 0. The lowest BCUT2D eigenvalue weighted by Crippen LogP contribution is -2.32. The Labute approximate surface area is 128 Å². The first kappa shape index (κ1) is 15.8. The second kappa shape index (κ2) is 6.90. The van der Waals surface area contributed by atoms with Crippen LogP contribution in [0.5, 0.6) is 0 Å². The van der Waals surface area contributed by atoms with E-state index >= 15 is 0 Å². The van der Waals surface area contributed by atoms with Gasteiger partial charge >= 0.3 is 0 Å². The molecule has 0 unspecified atom stereocenters. The number of fused-ring (bicyclic) bond motifs is 1. The van der Waals surface area contributed by atoms with Crippen molar-refractivity contribution in [2.45, 2.75) is 34.2 Å². The Morgan fingerprint density at radius 3 is 2.10 bits per heavy atom. The maximum Gasteiger partial charge on any atom is 0.136 e. The highest BCUT2D eigenvalue weighted by molar-refractivity contribution is 5.94. The van der Waals surface area contributed by atoms with Gasteiger partial charge in [-0.1, -0.05) is 52.0 Å². The highest BCUT2D eigenvalue weighted by atomic mass is 15.2. The van der Waals surface area contributed by atoms with Crippen molar-refractivity contribution >= 4 is 16.6 Å².